The zero-order chi connectivity index (χ0) is 32.7. The number of carbonyl (C=O) groups excluding carboxylic acids is 2. The van der Waals surface area contributed by atoms with Crippen LogP contribution in [0.4, 0.5) is 5.82 Å². The Bertz CT molecular complexity index is 1710. The summed E-state index contributed by atoms with van der Waals surface area (Å²) in [5, 5.41) is 19.1. The van der Waals surface area contributed by atoms with Crippen molar-refractivity contribution < 1.29 is 32.0 Å². The Balaban J connectivity index is 1.43. The molecular weight excluding hydrogens is 663 g/mol. The molecule has 2 unspecified atom stereocenters. The summed E-state index contributed by atoms with van der Waals surface area (Å²) in [5.74, 6) is -1.96. The monoisotopic (exact) mass is 696 g/mol. The molecule has 3 aromatic rings. The van der Waals surface area contributed by atoms with Crippen LogP contribution >= 0.6 is 34.5 Å². The molecule has 5 atom stereocenters. The van der Waals surface area contributed by atoms with Gasteiger partial charge >= 0.3 is 16.3 Å². The Morgan fingerprint density at radius 3 is 2.64 bits per heavy atom. The number of nitrogens with two attached hydrogens (primary N) is 1. The molecule has 2 aliphatic rings. The van der Waals surface area contributed by atoms with Gasteiger partial charge in [0.25, 0.3) is 0 Å². The molecule has 1 saturated carbocycles. The summed E-state index contributed by atoms with van der Waals surface area (Å²) in [6.45, 7) is 5.20. The number of ether oxygens (including phenoxy) is 1. The number of halogens is 2. The highest BCUT2D eigenvalue weighted by molar-refractivity contribution is 7.84. The number of fused-ring (bicyclic) bond motifs is 1. The molecule has 0 aliphatic heterocycles. The minimum atomic E-state index is -4.14. The third-order valence-electron chi connectivity index (χ3n) is 7.95. The van der Waals surface area contributed by atoms with Gasteiger partial charge in [-0.15, -0.1) is 11.3 Å². The molecule has 2 aliphatic carbocycles. The first-order chi connectivity index (χ1) is 21.1. The molecule has 0 spiro atoms. The van der Waals surface area contributed by atoms with Gasteiger partial charge in [-0.2, -0.15) is 8.42 Å². The largest absolute Gasteiger partial charge is 0.460 e. The van der Waals surface area contributed by atoms with Crippen molar-refractivity contribution in [3.05, 3.63) is 73.3 Å². The summed E-state index contributed by atoms with van der Waals surface area (Å²) >= 11 is 14.3. The van der Waals surface area contributed by atoms with E-state index in [0.717, 1.165) is 22.5 Å². The second kappa shape index (κ2) is 13.2. The lowest BCUT2D eigenvalue weighted by atomic mass is 9.72. The Morgan fingerprint density at radius 1 is 1.18 bits per heavy atom. The van der Waals surface area contributed by atoms with E-state index in [2.05, 4.69) is 19.5 Å². The van der Waals surface area contributed by atoms with Crippen molar-refractivity contribution in [1.29, 1.82) is 0 Å². The molecule has 0 saturated heterocycles. The van der Waals surface area contributed by atoms with Gasteiger partial charge in [0.1, 0.15) is 17.7 Å². The van der Waals surface area contributed by atoms with Crippen molar-refractivity contribution >= 4 is 62.4 Å². The Labute approximate surface area is 275 Å². The molecule has 2 heterocycles. The number of esters is 1. The zero-order valence-electron chi connectivity index (χ0n) is 24.8. The van der Waals surface area contributed by atoms with E-state index in [-0.39, 0.29) is 42.2 Å². The molecular formula is C30H34Cl2N4O7S2. The third-order valence-corrected chi connectivity index (χ3v) is 10.0. The van der Waals surface area contributed by atoms with Gasteiger partial charge in [-0.3, -0.25) is 13.8 Å². The van der Waals surface area contributed by atoms with Crippen LogP contribution in [0.25, 0.3) is 0 Å². The van der Waals surface area contributed by atoms with Crippen molar-refractivity contribution in [1.82, 2.24) is 9.97 Å². The number of hydrogen-bond donors (Lipinski definition) is 3. The molecule has 15 heteroatoms. The number of aryl methyl sites for hydroxylation is 1. The van der Waals surface area contributed by atoms with Crippen LogP contribution in [0.3, 0.4) is 0 Å². The molecule has 45 heavy (non-hydrogen) atoms. The topological polar surface area (TPSA) is 171 Å². The number of aromatic nitrogens is 2. The quantitative estimate of drug-likeness (QED) is 0.207. The second-order valence-electron chi connectivity index (χ2n) is 12.4. The van der Waals surface area contributed by atoms with Crippen molar-refractivity contribution in [2.24, 2.45) is 17.0 Å². The summed E-state index contributed by atoms with van der Waals surface area (Å²) < 4.78 is 33.2. The van der Waals surface area contributed by atoms with Gasteiger partial charge < -0.3 is 15.2 Å². The second-order valence-corrected chi connectivity index (χ2v) is 15.7. The smallest absolute Gasteiger partial charge is 0.333 e. The normalized spacial score (nSPS) is 23.4. The molecule has 4 N–H and O–H groups in total. The predicted octanol–water partition coefficient (Wildman–Crippen LogP) is 4.88. The van der Waals surface area contributed by atoms with Crippen molar-refractivity contribution in [3.8, 4) is 0 Å². The van der Waals surface area contributed by atoms with Gasteiger partial charge in [0, 0.05) is 29.1 Å². The summed E-state index contributed by atoms with van der Waals surface area (Å²) in [6, 6.07) is 7.00. The predicted molar refractivity (Wildman–Crippen MR) is 171 cm³/mol. The van der Waals surface area contributed by atoms with Crippen LogP contribution < -0.4 is 10.5 Å². The van der Waals surface area contributed by atoms with Crippen LogP contribution in [0, 0.1) is 11.8 Å². The minimum Gasteiger partial charge on any atom is -0.460 e. The molecule has 1 fully saturated rings. The molecule has 1 aromatic carbocycles. The van der Waals surface area contributed by atoms with E-state index in [1.807, 2.05) is 39.0 Å². The number of ketones is 1. The number of aliphatic hydroxyl groups excluding tert-OH is 1. The number of benzene rings is 1. The molecule has 242 valence electrons. The fourth-order valence-corrected chi connectivity index (χ4v) is 7.87. The number of rotatable bonds is 9. The first kappa shape index (κ1) is 33.7. The van der Waals surface area contributed by atoms with E-state index in [4.69, 9.17) is 33.1 Å². The maximum absolute atomic E-state index is 13.9. The standard InChI is InChI=1S/C30H34Cl2N4O7S2/c1-30(2,3)43-29(39)19-7-5-15-4-6-17(31)9-20(15)25(19)21-11-24(44-27(21)32)26(38)22-12-34-14-35-28(22)36-18-8-16(23(37)10-18)13-42-45(33,40)41/h4,6,9,11-12,14,16,18-19,23,25,37H,5,7-8,10,13H2,1-3H3,(H2,33,40,41)(H,34,35,36)/t16-,18-,19?,23+,25?/m1/s1. The molecule has 11 nitrogen and oxygen atoms in total. The number of hydrogen-bond acceptors (Lipinski definition) is 11. The summed E-state index contributed by atoms with van der Waals surface area (Å²) in [6.07, 6.45) is 3.71. The average molecular weight is 698 g/mol. The van der Waals surface area contributed by atoms with E-state index >= 15 is 0 Å². The van der Waals surface area contributed by atoms with Crippen molar-refractivity contribution in [2.45, 2.75) is 70.1 Å². The maximum atomic E-state index is 13.9. The lowest BCUT2D eigenvalue weighted by Gasteiger charge is -2.34. The molecule has 5 rings (SSSR count). The highest BCUT2D eigenvalue weighted by atomic mass is 35.5. The minimum absolute atomic E-state index is 0.191. The number of carbonyl (C=O) groups is 2. The van der Waals surface area contributed by atoms with E-state index in [9.17, 15) is 23.1 Å². The SMILES string of the molecule is CC(C)(C)OC(=O)C1CCc2ccc(Cl)cc2C1c1cc(C(=O)c2cncnc2N[C@@H]2C[C@H](COS(N)(=O)=O)[C@@H](O)C2)sc1Cl. The van der Waals surface area contributed by atoms with Crippen LogP contribution in [0.5, 0.6) is 0 Å². The molecule has 0 bridgehead atoms. The fourth-order valence-electron chi connectivity index (χ4n) is 6.02. The van der Waals surface area contributed by atoms with E-state index in [1.54, 1.807) is 6.07 Å². The lowest BCUT2D eigenvalue weighted by molar-refractivity contribution is -0.161. The van der Waals surface area contributed by atoms with Gasteiger partial charge in [-0.05, 0) is 81.3 Å². The van der Waals surface area contributed by atoms with Crippen LogP contribution in [0.1, 0.15) is 77.9 Å². The van der Waals surface area contributed by atoms with Gasteiger partial charge in [-0.1, -0.05) is 29.3 Å². The number of nitrogens with one attached hydrogen (secondary N) is 1. The van der Waals surface area contributed by atoms with Crippen molar-refractivity contribution in [2.75, 3.05) is 11.9 Å². The lowest BCUT2D eigenvalue weighted by Crippen LogP contribution is -2.34. The van der Waals surface area contributed by atoms with Gasteiger partial charge in [0.15, 0.2) is 0 Å². The van der Waals surface area contributed by atoms with E-state index in [0.29, 0.717) is 39.1 Å². The third kappa shape index (κ3) is 8.02. The molecule has 0 amide bonds. The van der Waals surface area contributed by atoms with Crippen molar-refractivity contribution in [3.63, 3.8) is 0 Å². The number of anilines is 1. The highest BCUT2D eigenvalue weighted by Gasteiger charge is 2.40. The molecule has 2 aromatic heterocycles. The number of aliphatic hydroxyl groups is 1. The zero-order valence-corrected chi connectivity index (χ0v) is 28.0. The highest BCUT2D eigenvalue weighted by Crippen LogP contribution is 2.47. The van der Waals surface area contributed by atoms with Gasteiger partial charge in [0.2, 0.25) is 5.78 Å². The van der Waals surface area contributed by atoms with Gasteiger partial charge in [0.05, 0.1) is 33.4 Å². The number of thiophene rings is 1. The van der Waals surface area contributed by atoms with E-state index < -0.39 is 39.8 Å². The van der Waals surface area contributed by atoms with E-state index in [1.165, 1.54) is 12.5 Å². The molecule has 0 radical (unpaired) electrons. The maximum Gasteiger partial charge on any atom is 0.333 e. The first-order valence-corrected chi connectivity index (χ1v) is 17.4. The number of nitrogens with zero attached hydrogens (tertiary/aromatic N) is 2. The first-order valence-electron chi connectivity index (χ1n) is 14.4. The summed E-state index contributed by atoms with van der Waals surface area (Å²) in [7, 11) is -4.14. The van der Waals surface area contributed by atoms with Crippen LogP contribution in [0.2, 0.25) is 9.36 Å². The van der Waals surface area contributed by atoms with Gasteiger partial charge in [-0.25, -0.2) is 15.1 Å². The average Bonchev–Trinajstić information content (AvgIpc) is 3.50. The van der Waals surface area contributed by atoms with Crippen LogP contribution in [-0.4, -0.2) is 59.6 Å². The Hall–Kier alpha value is -2.65. The summed E-state index contributed by atoms with van der Waals surface area (Å²) in [4.78, 5) is 36.0. The van der Waals surface area contributed by atoms with Crippen LogP contribution in [-0.2, 0) is 30.4 Å². The fraction of sp³-hybridized carbons (Fsp3) is 0.467. The summed E-state index contributed by atoms with van der Waals surface area (Å²) in [5.41, 5.74) is 2.06. The Morgan fingerprint density at radius 2 is 1.93 bits per heavy atom. The Kier molecular flexibility index (Phi) is 9.91. The van der Waals surface area contributed by atoms with Crippen LogP contribution in [0.15, 0.2) is 36.8 Å².